The lowest BCUT2D eigenvalue weighted by Gasteiger charge is -2.15. The summed E-state index contributed by atoms with van der Waals surface area (Å²) in [5.74, 6) is -0.645. The van der Waals surface area contributed by atoms with Gasteiger partial charge in [-0.1, -0.05) is 18.2 Å². The van der Waals surface area contributed by atoms with E-state index in [-0.39, 0.29) is 11.4 Å². The molecule has 10 heteroatoms. The van der Waals surface area contributed by atoms with Gasteiger partial charge in [0.05, 0.1) is 18.8 Å². The molecule has 162 valence electrons. The van der Waals surface area contributed by atoms with Gasteiger partial charge in [-0.3, -0.25) is 24.2 Å². The zero-order valence-corrected chi connectivity index (χ0v) is 17.2. The fourth-order valence-corrected chi connectivity index (χ4v) is 3.29. The summed E-state index contributed by atoms with van der Waals surface area (Å²) in [6.45, 7) is 2.43. The van der Waals surface area contributed by atoms with Crippen molar-refractivity contribution >= 4 is 11.6 Å². The molecular weight excluding hydrogens is 410 g/mol. The van der Waals surface area contributed by atoms with Crippen molar-refractivity contribution in [2.45, 2.75) is 19.5 Å². The van der Waals surface area contributed by atoms with Crippen LogP contribution in [0.1, 0.15) is 34.6 Å². The Kier molecular flexibility index (Phi) is 5.67. The summed E-state index contributed by atoms with van der Waals surface area (Å²) < 4.78 is 1.84. The molecule has 0 saturated carbocycles. The van der Waals surface area contributed by atoms with Crippen molar-refractivity contribution < 1.29 is 4.79 Å². The Labute approximate surface area is 182 Å². The lowest BCUT2D eigenvalue weighted by Crippen LogP contribution is -2.34. The van der Waals surface area contributed by atoms with E-state index in [0.717, 1.165) is 22.3 Å². The van der Waals surface area contributed by atoms with Crippen LogP contribution in [0.3, 0.4) is 0 Å². The maximum Gasteiger partial charge on any atom is 0.326 e. The first-order chi connectivity index (χ1) is 15.4. The molecule has 0 unspecified atom stereocenters. The van der Waals surface area contributed by atoms with Crippen molar-refractivity contribution in [1.82, 2.24) is 30.0 Å². The van der Waals surface area contributed by atoms with E-state index in [9.17, 15) is 14.4 Å². The number of pyridine rings is 1. The monoisotopic (exact) mass is 431 g/mol. The van der Waals surface area contributed by atoms with Gasteiger partial charge in [-0.25, -0.2) is 4.79 Å². The molecule has 1 amide bonds. The summed E-state index contributed by atoms with van der Waals surface area (Å²) in [6.07, 6.45) is 7.22. The summed E-state index contributed by atoms with van der Waals surface area (Å²) in [6, 6.07) is 11.1. The number of carbonyl (C=O) groups excluding carboxylic acids is 1. The molecule has 1 atom stereocenters. The minimum Gasteiger partial charge on any atom is -0.392 e. The van der Waals surface area contributed by atoms with E-state index in [1.807, 2.05) is 52.3 Å². The minimum absolute atomic E-state index is 0.265. The number of hydrogen-bond acceptors (Lipinski definition) is 6. The maximum absolute atomic E-state index is 12.6. The van der Waals surface area contributed by atoms with Crippen LogP contribution in [0.25, 0.3) is 11.1 Å². The van der Waals surface area contributed by atoms with E-state index in [0.29, 0.717) is 6.54 Å². The third kappa shape index (κ3) is 4.48. The van der Waals surface area contributed by atoms with Crippen LogP contribution in [0.5, 0.6) is 0 Å². The molecule has 0 saturated heterocycles. The summed E-state index contributed by atoms with van der Waals surface area (Å²) >= 11 is 0. The van der Waals surface area contributed by atoms with Crippen LogP contribution in [0.15, 0.2) is 70.8 Å². The molecule has 3 aromatic heterocycles. The Hall–Kier alpha value is -4.47. The Morgan fingerprint density at radius 3 is 2.72 bits per heavy atom. The molecule has 0 bridgehead atoms. The number of hydrogen-bond donors (Lipinski definition) is 4. The lowest BCUT2D eigenvalue weighted by atomic mass is 10.0. The molecule has 10 nitrogen and oxygen atoms in total. The van der Waals surface area contributed by atoms with E-state index in [1.54, 1.807) is 25.5 Å². The minimum atomic E-state index is -0.808. The molecule has 4 aromatic rings. The number of H-pyrrole nitrogens is 2. The average molecular weight is 431 g/mol. The molecule has 0 spiro atoms. The van der Waals surface area contributed by atoms with Crippen LogP contribution in [0.2, 0.25) is 0 Å². The third-order valence-electron chi connectivity index (χ3n) is 5.00. The summed E-state index contributed by atoms with van der Waals surface area (Å²) in [7, 11) is 0. The molecule has 3 heterocycles. The number of rotatable bonds is 6. The van der Waals surface area contributed by atoms with E-state index in [2.05, 4.69) is 20.4 Å². The highest BCUT2D eigenvalue weighted by atomic mass is 16.2. The Morgan fingerprint density at radius 1 is 1.16 bits per heavy atom. The van der Waals surface area contributed by atoms with Gasteiger partial charge in [0.1, 0.15) is 11.4 Å². The van der Waals surface area contributed by atoms with Crippen molar-refractivity contribution in [3.63, 3.8) is 0 Å². The van der Waals surface area contributed by atoms with Crippen LogP contribution in [0.4, 0.5) is 5.69 Å². The highest BCUT2D eigenvalue weighted by molar-refractivity contribution is 5.97. The first kappa shape index (κ1) is 20.8. The van der Waals surface area contributed by atoms with Gasteiger partial charge < -0.3 is 16.0 Å². The number of nitrogen functional groups attached to an aromatic ring is 1. The number of nitrogens with one attached hydrogen (secondary N) is 3. The first-order valence-corrected chi connectivity index (χ1v) is 9.85. The zero-order valence-electron chi connectivity index (χ0n) is 17.2. The second-order valence-electron chi connectivity index (χ2n) is 7.30. The largest absolute Gasteiger partial charge is 0.392 e. The van der Waals surface area contributed by atoms with Gasteiger partial charge in [-0.05, 0) is 41.8 Å². The molecule has 1 aromatic carbocycles. The topological polar surface area (TPSA) is 152 Å². The molecule has 32 heavy (non-hydrogen) atoms. The number of nitrogens with zero attached hydrogens (tertiary/aromatic N) is 3. The molecule has 0 aliphatic heterocycles. The maximum atomic E-state index is 12.6. The predicted octanol–water partition coefficient (Wildman–Crippen LogP) is 1.44. The van der Waals surface area contributed by atoms with Crippen LogP contribution in [-0.4, -0.2) is 30.6 Å². The standard InChI is InChI=1S/C22H21N7O3/c1-13(26-21(31)19-18(23)20(30)28-22(32)27-19)15-3-2-4-16(9-15)17-10-25-29(12-17)11-14-5-7-24-8-6-14/h2-10,12-13H,11,23H2,1H3,(H,26,31)(H2,27,28,30,32)/t13-/m1/s1. The number of amides is 1. The Balaban J connectivity index is 1.51. The van der Waals surface area contributed by atoms with E-state index in [4.69, 9.17) is 5.73 Å². The fourth-order valence-electron chi connectivity index (χ4n) is 3.29. The van der Waals surface area contributed by atoms with Gasteiger partial charge in [0.25, 0.3) is 11.5 Å². The van der Waals surface area contributed by atoms with Crippen LogP contribution >= 0.6 is 0 Å². The number of aromatic amines is 2. The van der Waals surface area contributed by atoms with Crippen LogP contribution < -0.4 is 22.3 Å². The van der Waals surface area contributed by atoms with Gasteiger partial charge >= 0.3 is 5.69 Å². The van der Waals surface area contributed by atoms with Gasteiger partial charge in [0.2, 0.25) is 0 Å². The molecular formula is C22H21N7O3. The highest BCUT2D eigenvalue weighted by Crippen LogP contribution is 2.23. The molecule has 4 rings (SSSR count). The molecule has 5 N–H and O–H groups in total. The number of nitrogens with two attached hydrogens (primary N) is 1. The van der Waals surface area contributed by atoms with Crippen molar-refractivity contribution in [3.8, 4) is 11.1 Å². The summed E-state index contributed by atoms with van der Waals surface area (Å²) in [5, 5.41) is 7.18. The second kappa shape index (κ2) is 8.72. The van der Waals surface area contributed by atoms with Crippen LogP contribution in [-0.2, 0) is 6.54 Å². The number of aromatic nitrogens is 5. The van der Waals surface area contributed by atoms with Crippen molar-refractivity contribution in [1.29, 1.82) is 0 Å². The Morgan fingerprint density at radius 2 is 1.94 bits per heavy atom. The van der Waals surface area contributed by atoms with Gasteiger partial charge in [0.15, 0.2) is 0 Å². The van der Waals surface area contributed by atoms with E-state index < -0.39 is 23.2 Å². The van der Waals surface area contributed by atoms with Gasteiger partial charge in [-0.2, -0.15) is 5.10 Å². The lowest BCUT2D eigenvalue weighted by molar-refractivity contribution is 0.0935. The van der Waals surface area contributed by atoms with Crippen molar-refractivity contribution in [2.24, 2.45) is 0 Å². The van der Waals surface area contributed by atoms with Gasteiger partial charge in [-0.15, -0.1) is 0 Å². The summed E-state index contributed by atoms with van der Waals surface area (Å²) in [4.78, 5) is 44.0. The van der Waals surface area contributed by atoms with Crippen LogP contribution in [0, 0.1) is 0 Å². The predicted molar refractivity (Wildman–Crippen MR) is 119 cm³/mol. The van der Waals surface area contributed by atoms with E-state index in [1.165, 1.54) is 0 Å². The molecule has 0 aliphatic carbocycles. The highest BCUT2D eigenvalue weighted by Gasteiger charge is 2.17. The Bertz CT molecular complexity index is 1370. The second-order valence-corrected chi connectivity index (χ2v) is 7.30. The first-order valence-electron chi connectivity index (χ1n) is 9.85. The smallest absolute Gasteiger partial charge is 0.326 e. The SMILES string of the molecule is C[C@@H](NC(=O)c1[nH]c(=O)[nH]c(=O)c1N)c1cccc(-c2cnn(Cc3ccncc3)c2)c1. The van der Waals surface area contributed by atoms with E-state index >= 15 is 0 Å². The van der Waals surface area contributed by atoms with Crippen molar-refractivity contribution in [3.05, 3.63) is 98.8 Å². The van der Waals surface area contributed by atoms with Gasteiger partial charge in [0, 0.05) is 24.2 Å². The third-order valence-corrected chi connectivity index (χ3v) is 5.00. The zero-order chi connectivity index (χ0) is 22.7. The normalized spacial score (nSPS) is 11.8. The number of carbonyl (C=O) groups is 1. The van der Waals surface area contributed by atoms with Crippen molar-refractivity contribution in [2.75, 3.05) is 5.73 Å². The number of anilines is 1. The summed E-state index contributed by atoms with van der Waals surface area (Å²) in [5.41, 5.74) is 7.23. The molecule has 0 aliphatic rings. The quantitative estimate of drug-likeness (QED) is 0.363. The molecule has 0 radical (unpaired) electrons. The average Bonchev–Trinajstić information content (AvgIpc) is 3.25. The molecule has 0 fully saturated rings. The number of benzene rings is 1. The fraction of sp³-hybridized carbons (Fsp3) is 0.136.